The second-order valence-corrected chi connectivity index (χ2v) is 7.00. The first-order valence-corrected chi connectivity index (χ1v) is 8.95. The monoisotopic (exact) mass is 356 g/mol. The topological polar surface area (TPSA) is 32.8 Å². The summed E-state index contributed by atoms with van der Waals surface area (Å²) in [6.45, 7) is 4.30. The van der Waals surface area contributed by atoms with Crippen LogP contribution in [0.4, 0.5) is 0 Å². The lowest BCUT2D eigenvalue weighted by atomic mass is 9.99. The van der Waals surface area contributed by atoms with E-state index in [1.54, 1.807) is 6.07 Å². The molecule has 0 bridgehead atoms. The van der Waals surface area contributed by atoms with Gasteiger partial charge in [-0.3, -0.25) is 9.69 Å². The minimum atomic E-state index is -0.0476. The molecule has 2 saturated heterocycles. The predicted octanol–water partition coefficient (Wildman–Crippen LogP) is 3.21. The molecular formula is C17H22Cl2N2O2. The van der Waals surface area contributed by atoms with Gasteiger partial charge in [0.25, 0.3) is 0 Å². The van der Waals surface area contributed by atoms with Gasteiger partial charge in [0.1, 0.15) is 0 Å². The zero-order valence-corrected chi connectivity index (χ0v) is 14.7. The fourth-order valence-corrected chi connectivity index (χ4v) is 3.79. The molecule has 0 radical (unpaired) electrons. The Morgan fingerprint density at radius 3 is 2.70 bits per heavy atom. The van der Waals surface area contributed by atoms with Crippen LogP contribution in [-0.4, -0.2) is 54.6 Å². The van der Waals surface area contributed by atoms with Crippen LogP contribution in [0, 0.1) is 0 Å². The lowest BCUT2D eigenvalue weighted by Gasteiger charge is -2.38. The van der Waals surface area contributed by atoms with E-state index in [0.717, 1.165) is 31.4 Å². The summed E-state index contributed by atoms with van der Waals surface area (Å²) in [6.07, 6.45) is 3.14. The Bertz CT molecular complexity index is 562. The first-order chi connectivity index (χ1) is 11.1. The van der Waals surface area contributed by atoms with Crippen molar-refractivity contribution in [1.29, 1.82) is 0 Å². The van der Waals surface area contributed by atoms with E-state index in [1.165, 1.54) is 0 Å². The fourth-order valence-electron chi connectivity index (χ4n) is 3.32. The number of rotatable bonds is 3. The van der Waals surface area contributed by atoms with Gasteiger partial charge in [-0.15, -0.1) is 0 Å². The minimum Gasteiger partial charge on any atom is -0.378 e. The number of nitrogens with zero attached hydrogens (tertiary/aromatic N) is 2. The zero-order valence-electron chi connectivity index (χ0n) is 13.1. The number of hydrogen-bond acceptors (Lipinski definition) is 3. The van der Waals surface area contributed by atoms with E-state index < -0.39 is 0 Å². The molecule has 1 amide bonds. The normalized spacial score (nSPS) is 23.0. The Morgan fingerprint density at radius 2 is 1.96 bits per heavy atom. The Hall–Kier alpha value is -0.810. The molecule has 2 aliphatic heterocycles. The van der Waals surface area contributed by atoms with Crippen LogP contribution in [0.15, 0.2) is 18.2 Å². The molecule has 3 rings (SSSR count). The maximum absolute atomic E-state index is 12.9. The van der Waals surface area contributed by atoms with Gasteiger partial charge in [-0.25, -0.2) is 0 Å². The van der Waals surface area contributed by atoms with Gasteiger partial charge in [0.2, 0.25) is 5.91 Å². The van der Waals surface area contributed by atoms with Crippen molar-refractivity contribution in [3.05, 3.63) is 33.8 Å². The lowest BCUT2D eigenvalue weighted by Crippen LogP contribution is -2.53. The highest BCUT2D eigenvalue weighted by Gasteiger charge is 2.32. The fraction of sp³-hybridized carbons (Fsp3) is 0.588. The highest BCUT2D eigenvalue weighted by molar-refractivity contribution is 6.35. The standard InChI is InChI=1S/C17H22Cl2N2O2/c18-14-5-4-13(15(19)11-14)12-21-6-2-1-3-16(21)17(22)20-7-9-23-10-8-20/h4-5,11,16H,1-3,6-10,12H2. The number of benzene rings is 1. The van der Waals surface area contributed by atoms with Crippen LogP contribution >= 0.6 is 23.2 Å². The van der Waals surface area contributed by atoms with Gasteiger partial charge in [0, 0.05) is 29.7 Å². The average Bonchev–Trinajstić information content (AvgIpc) is 2.58. The van der Waals surface area contributed by atoms with Crippen LogP contribution in [0.1, 0.15) is 24.8 Å². The van der Waals surface area contributed by atoms with Crippen LogP contribution in [0.25, 0.3) is 0 Å². The Morgan fingerprint density at radius 1 is 1.17 bits per heavy atom. The van der Waals surface area contributed by atoms with E-state index in [4.69, 9.17) is 27.9 Å². The number of likely N-dealkylation sites (tertiary alicyclic amines) is 1. The van der Waals surface area contributed by atoms with Gasteiger partial charge in [-0.1, -0.05) is 35.7 Å². The van der Waals surface area contributed by atoms with E-state index in [2.05, 4.69) is 4.90 Å². The molecule has 2 aliphatic rings. The number of piperidine rings is 1. The predicted molar refractivity (Wildman–Crippen MR) is 91.9 cm³/mol. The van der Waals surface area contributed by atoms with Crippen LogP contribution < -0.4 is 0 Å². The maximum atomic E-state index is 12.9. The molecule has 1 aromatic carbocycles. The average molecular weight is 357 g/mol. The number of halogens is 2. The van der Waals surface area contributed by atoms with Crippen LogP contribution in [0.3, 0.4) is 0 Å². The first-order valence-electron chi connectivity index (χ1n) is 8.19. The van der Waals surface area contributed by atoms with Crippen molar-refractivity contribution in [2.75, 3.05) is 32.8 Å². The van der Waals surface area contributed by atoms with Crippen molar-refractivity contribution in [3.63, 3.8) is 0 Å². The van der Waals surface area contributed by atoms with Gasteiger partial charge in [-0.05, 0) is 37.1 Å². The van der Waals surface area contributed by atoms with Crippen molar-refractivity contribution in [2.24, 2.45) is 0 Å². The van der Waals surface area contributed by atoms with Crippen LogP contribution in [0.5, 0.6) is 0 Å². The number of amides is 1. The lowest BCUT2D eigenvalue weighted by molar-refractivity contribution is -0.142. The molecule has 6 heteroatoms. The summed E-state index contributed by atoms with van der Waals surface area (Å²) in [7, 11) is 0. The molecule has 0 spiro atoms. The van der Waals surface area contributed by atoms with Crippen molar-refractivity contribution in [2.45, 2.75) is 31.8 Å². The van der Waals surface area contributed by atoms with E-state index >= 15 is 0 Å². The Labute approximate surface area is 147 Å². The number of carbonyl (C=O) groups excluding carboxylic acids is 1. The summed E-state index contributed by atoms with van der Waals surface area (Å²) in [6, 6.07) is 5.52. The second kappa shape index (κ2) is 7.84. The molecule has 4 nitrogen and oxygen atoms in total. The maximum Gasteiger partial charge on any atom is 0.240 e. The zero-order chi connectivity index (χ0) is 16.2. The van der Waals surface area contributed by atoms with Crippen LogP contribution in [0.2, 0.25) is 10.0 Å². The SMILES string of the molecule is O=C(C1CCCCN1Cc1ccc(Cl)cc1Cl)N1CCOCC1. The van der Waals surface area contributed by atoms with Crippen molar-refractivity contribution in [1.82, 2.24) is 9.80 Å². The van der Waals surface area contributed by atoms with E-state index in [0.29, 0.717) is 42.9 Å². The Kier molecular flexibility index (Phi) is 5.81. The largest absolute Gasteiger partial charge is 0.378 e. The minimum absolute atomic E-state index is 0.0476. The molecular weight excluding hydrogens is 335 g/mol. The molecule has 2 heterocycles. The highest BCUT2D eigenvalue weighted by Crippen LogP contribution is 2.26. The summed E-state index contributed by atoms with van der Waals surface area (Å²) in [5.41, 5.74) is 1.03. The smallest absolute Gasteiger partial charge is 0.240 e. The van der Waals surface area contributed by atoms with Gasteiger partial charge in [0.05, 0.1) is 19.3 Å². The molecule has 2 fully saturated rings. The molecule has 1 atom stereocenters. The molecule has 0 aliphatic carbocycles. The van der Waals surface area contributed by atoms with Gasteiger partial charge in [0.15, 0.2) is 0 Å². The van der Waals surface area contributed by atoms with Crippen molar-refractivity contribution < 1.29 is 9.53 Å². The quantitative estimate of drug-likeness (QED) is 0.833. The molecule has 23 heavy (non-hydrogen) atoms. The summed E-state index contributed by atoms with van der Waals surface area (Å²) in [4.78, 5) is 17.1. The number of ether oxygens (including phenoxy) is 1. The van der Waals surface area contributed by atoms with E-state index in [1.807, 2.05) is 17.0 Å². The Balaban J connectivity index is 1.71. The highest BCUT2D eigenvalue weighted by atomic mass is 35.5. The molecule has 0 saturated carbocycles. The van der Waals surface area contributed by atoms with Crippen LogP contribution in [-0.2, 0) is 16.1 Å². The van der Waals surface area contributed by atoms with Crippen molar-refractivity contribution >= 4 is 29.1 Å². The number of carbonyl (C=O) groups is 1. The third-order valence-corrected chi connectivity index (χ3v) is 5.20. The molecule has 0 aromatic heterocycles. The first kappa shape index (κ1) is 17.0. The molecule has 0 N–H and O–H groups in total. The molecule has 1 aromatic rings. The van der Waals surface area contributed by atoms with Gasteiger partial charge >= 0.3 is 0 Å². The summed E-state index contributed by atoms with van der Waals surface area (Å²) in [5, 5.41) is 1.30. The summed E-state index contributed by atoms with van der Waals surface area (Å²) >= 11 is 12.3. The van der Waals surface area contributed by atoms with E-state index in [9.17, 15) is 4.79 Å². The van der Waals surface area contributed by atoms with Gasteiger partial charge < -0.3 is 9.64 Å². The summed E-state index contributed by atoms with van der Waals surface area (Å²) in [5.74, 6) is 0.234. The molecule has 1 unspecified atom stereocenters. The third-order valence-electron chi connectivity index (χ3n) is 4.61. The molecule has 126 valence electrons. The third kappa shape index (κ3) is 4.18. The van der Waals surface area contributed by atoms with Gasteiger partial charge in [-0.2, -0.15) is 0 Å². The number of morpholine rings is 1. The van der Waals surface area contributed by atoms with Crippen molar-refractivity contribution in [3.8, 4) is 0 Å². The van der Waals surface area contributed by atoms with E-state index in [-0.39, 0.29) is 11.9 Å². The number of hydrogen-bond donors (Lipinski definition) is 0. The summed E-state index contributed by atoms with van der Waals surface area (Å²) < 4.78 is 5.35. The second-order valence-electron chi connectivity index (χ2n) is 6.16.